The molecule has 0 unspecified atom stereocenters. The molecule has 4 heteroatoms. The van der Waals surface area contributed by atoms with Gasteiger partial charge in [0.05, 0.1) is 16.8 Å². The first kappa shape index (κ1) is 9.45. The minimum atomic E-state index is -0.304. The van der Waals surface area contributed by atoms with E-state index in [9.17, 15) is 4.79 Å². The minimum absolute atomic E-state index is 0.0586. The van der Waals surface area contributed by atoms with Gasteiger partial charge in [-0.3, -0.25) is 4.79 Å². The van der Waals surface area contributed by atoms with Gasteiger partial charge >= 0.3 is 0 Å². The quantitative estimate of drug-likeness (QED) is 0.693. The first-order chi connectivity index (χ1) is 7.16. The molecule has 1 aromatic heterocycles. The van der Waals surface area contributed by atoms with E-state index in [0.29, 0.717) is 11.0 Å². The van der Waals surface area contributed by atoms with Crippen LogP contribution in [0.1, 0.15) is 12.6 Å². The van der Waals surface area contributed by atoms with Gasteiger partial charge in [-0.05, 0) is 19.1 Å². The summed E-state index contributed by atoms with van der Waals surface area (Å²) in [5, 5.41) is 9.07. The zero-order valence-electron chi connectivity index (χ0n) is 8.19. The third-order valence-electron chi connectivity index (χ3n) is 1.97. The second-order valence-electron chi connectivity index (χ2n) is 3.25. The van der Waals surface area contributed by atoms with E-state index in [0.717, 1.165) is 0 Å². The van der Waals surface area contributed by atoms with Crippen LogP contribution in [0.3, 0.4) is 0 Å². The fraction of sp³-hybridized carbons (Fsp3) is 0.0909. The molecule has 4 nitrogen and oxygen atoms in total. The lowest BCUT2D eigenvalue weighted by Gasteiger charge is -1.98. The van der Waals surface area contributed by atoms with Crippen molar-refractivity contribution in [3.05, 3.63) is 46.1 Å². The third-order valence-corrected chi connectivity index (χ3v) is 1.97. The number of para-hydroxylation sites is 2. The number of nitrogens with zero attached hydrogens (tertiary/aromatic N) is 1. The van der Waals surface area contributed by atoms with E-state index in [1.807, 2.05) is 12.1 Å². The maximum Gasteiger partial charge on any atom is 0.274 e. The van der Waals surface area contributed by atoms with Crippen molar-refractivity contribution >= 4 is 17.1 Å². The van der Waals surface area contributed by atoms with Crippen molar-refractivity contribution in [1.29, 1.82) is 0 Å². The zero-order chi connectivity index (χ0) is 10.8. The Balaban J connectivity index is 2.73. The number of aromatic amines is 1. The number of hydrogen-bond acceptors (Lipinski definition) is 3. The smallest absolute Gasteiger partial charge is 0.274 e. The second-order valence-corrected chi connectivity index (χ2v) is 3.25. The Morgan fingerprint density at radius 2 is 2.20 bits per heavy atom. The lowest BCUT2D eigenvalue weighted by Crippen LogP contribution is -2.11. The van der Waals surface area contributed by atoms with E-state index >= 15 is 0 Å². The van der Waals surface area contributed by atoms with Crippen LogP contribution in [-0.4, -0.2) is 15.1 Å². The topological polar surface area (TPSA) is 66.0 Å². The molecule has 0 aliphatic heterocycles. The van der Waals surface area contributed by atoms with Gasteiger partial charge in [0.1, 0.15) is 5.69 Å². The van der Waals surface area contributed by atoms with Crippen LogP contribution < -0.4 is 5.56 Å². The molecule has 0 spiro atoms. The highest BCUT2D eigenvalue weighted by molar-refractivity contribution is 5.74. The summed E-state index contributed by atoms with van der Waals surface area (Å²) in [7, 11) is 0. The van der Waals surface area contributed by atoms with Crippen molar-refractivity contribution < 1.29 is 5.11 Å². The Morgan fingerprint density at radius 3 is 2.93 bits per heavy atom. The maximum atomic E-state index is 11.5. The molecular weight excluding hydrogens is 192 g/mol. The molecule has 0 aliphatic carbocycles. The van der Waals surface area contributed by atoms with E-state index in [2.05, 4.69) is 9.97 Å². The summed E-state index contributed by atoms with van der Waals surface area (Å²) < 4.78 is 0. The van der Waals surface area contributed by atoms with Gasteiger partial charge in [-0.15, -0.1) is 0 Å². The van der Waals surface area contributed by atoms with Crippen LogP contribution in [0.15, 0.2) is 34.8 Å². The summed E-state index contributed by atoms with van der Waals surface area (Å²) in [4.78, 5) is 18.3. The molecule has 2 rings (SSSR count). The Kier molecular flexibility index (Phi) is 2.25. The van der Waals surface area contributed by atoms with Crippen LogP contribution in [-0.2, 0) is 0 Å². The number of rotatable bonds is 1. The Labute approximate surface area is 85.9 Å². The van der Waals surface area contributed by atoms with Crippen molar-refractivity contribution in [3.8, 4) is 0 Å². The molecule has 0 bridgehead atoms. The molecule has 0 atom stereocenters. The lowest BCUT2D eigenvalue weighted by molar-refractivity contribution is 0.419. The molecule has 15 heavy (non-hydrogen) atoms. The molecule has 0 aliphatic rings. The number of fused-ring (bicyclic) bond motifs is 1. The number of aliphatic hydroxyl groups is 1. The van der Waals surface area contributed by atoms with Gasteiger partial charge in [-0.25, -0.2) is 4.98 Å². The summed E-state index contributed by atoms with van der Waals surface area (Å²) in [6, 6.07) is 7.25. The number of benzene rings is 1. The van der Waals surface area contributed by atoms with E-state index < -0.39 is 0 Å². The van der Waals surface area contributed by atoms with E-state index in [1.54, 1.807) is 12.1 Å². The molecule has 76 valence electrons. The molecule has 2 N–H and O–H groups in total. The predicted octanol–water partition coefficient (Wildman–Crippen LogP) is 1.84. The van der Waals surface area contributed by atoms with Crippen molar-refractivity contribution in [2.45, 2.75) is 6.92 Å². The summed E-state index contributed by atoms with van der Waals surface area (Å²) in [6.45, 7) is 1.50. The minimum Gasteiger partial charge on any atom is -0.513 e. The van der Waals surface area contributed by atoms with Crippen molar-refractivity contribution in [1.82, 2.24) is 9.97 Å². The number of allylic oxidation sites excluding steroid dienone is 1. The van der Waals surface area contributed by atoms with Crippen LogP contribution in [0, 0.1) is 0 Å². The summed E-state index contributed by atoms with van der Waals surface area (Å²) in [6.07, 6.45) is 1.34. The zero-order valence-corrected chi connectivity index (χ0v) is 8.19. The largest absolute Gasteiger partial charge is 0.513 e. The Bertz CT molecular complexity index is 580. The van der Waals surface area contributed by atoms with Gasteiger partial charge in [0.15, 0.2) is 0 Å². The highest BCUT2D eigenvalue weighted by atomic mass is 16.3. The Hall–Kier alpha value is -2.10. The van der Waals surface area contributed by atoms with Gasteiger partial charge in [-0.2, -0.15) is 0 Å². The first-order valence-corrected chi connectivity index (χ1v) is 4.53. The average molecular weight is 202 g/mol. The van der Waals surface area contributed by atoms with Crippen LogP contribution in [0.25, 0.3) is 17.1 Å². The highest BCUT2D eigenvalue weighted by Crippen LogP contribution is 2.07. The summed E-state index contributed by atoms with van der Waals surface area (Å²) >= 11 is 0. The lowest BCUT2D eigenvalue weighted by atomic mass is 10.3. The molecular formula is C11H10N2O2. The van der Waals surface area contributed by atoms with E-state index in [1.165, 1.54) is 13.0 Å². The van der Waals surface area contributed by atoms with Crippen molar-refractivity contribution in [2.75, 3.05) is 0 Å². The van der Waals surface area contributed by atoms with E-state index in [-0.39, 0.29) is 17.0 Å². The molecule has 1 aromatic carbocycles. The molecule has 0 fully saturated rings. The summed E-state index contributed by atoms with van der Waals surface area (Å²) in [5.41, 5.74) is 1.30. The van der Waals surface area contributed by atoms with Crippen molar-refractivity contribution in [2.24, 2.45) is 0 Å². The van der Waals surface area contributed by atoms with Crippen molar-refractivity contribution in [3.63, 3.8) is 0 Å². The highest BCUT2D eigenvalue weighted by Gasteiger charge is 2.01. The first-order valence-electron chi connectivity index (χ1n) is 4.53. The molecule has 0 saturated heterocycles. The van der Waals surface area contributed by atoms with Crippen LogP contribution in [0.5, 0.6) is 0 Å². The van der Waals surface area contributed by atoms with Gasteiger partial charge in [-0.1, -0.05) is 12.1 Å². The number of nitrogens with one attached hydrogen (secondary N) is 1. The molecule has 0 radical (unpaired) electrons. The van der Waals surface area contributed by atoms with Crippen LogP contribution in [0.2, 0.25) is 0 Å². The predicted molar refractivity (Wildman–Crippen MR) is 58.6 cm³/mol. The molecule has 0 amide bonds. The average Bonchev–Trinajstić information content (AvgIpc) is 2.18. The number of hydrogen-bond donors (Lipinski definition) is 2. The molecule has 0 saturated carbocycles. The fourth-order valence-corrected chi connectivity index (χ4v) is 1.34. The standard InChI is InChI=1S/C11H10N2O2/c1-7(14)6-10-11(15)13-9-5-3-2-4-8(9)12-10/h2-6,14H,1H3,(H,13,15)/b7-6+. The van der Waals surface area contributed by atoms with Crippen LogP contribution in [0.4, 0.5) is 0 Å². The van der Waals surface area contributed by atoms with Gasteiger partial charge < -0.3 is 10.1 Å². The van der Waals surface area contributed by atoms with Gasteiger partial charge in [0, 0.05) is 6.08 Å². The number of H-pyrrole nitrogens is 1. The second kappa shape index (κ2) is 3.57. The maximum absolute atomic E-state index is 11.5. The SMILES string of the molecule is C/C(O)=C\c1nc2ccccc2[nH]c1=O. The van der Waals surface area contributed by atoms with Crippen LogP contribution >= 0.6 is 0 Å². The van der Waals surface area contributed by atoms with Gasteiger partial charge in [0.2, 0.25) is 0 Å². The Morgan fingerprint density at radius 1 is 1.47 bits per heavy atom. The fourth-order valence-electron chi connectivity index (χ4n) is 1.34. The molecule has 1 heterocycles. The monoisotopic (exact) mass is 202 g/mol. The third kappa shape index (κ3) is 1.88. The molecule has 2 aromatic rings. The summed E-state index contributed by atoms with van der Waals surface area (Å²) in [5.74, 6) is 0.0586. The number of aromatic nitrogens is 2. The van der Waals surface area contributed by atoms with E-state index in [4.69, 9.17) is 5.11 Å². The number of aliphatic hydroxyl groups excluding tert-OH is 1. The normalized spacial score (nSPS) is 11.9. The van der Waals surface area contributed by atoms with Gasteiger partial charge in [0.25, 0.3) is 5.56 Å².